The van der Waals surface area contributed by atoms with Gasteiger partial charge in [-0.15, -0.1) is 0 Å². The summed E-state index contributed by atoms with van der Waals surface area (Å²) in [6.07, 6.45) is 5.79. The molecular formula is C32H35N2O+. The van der Waals surface area contributed by atoms with Crippen LogP contribution in [0.15, 0.2) is 53.1 Å². The Bertz CT molecular complexity index is 1650. The fraction of sp³-hybridized carbons (Fsp3) is 0.375. The van der Waals surface area contributed by atoms with E-state index in [9.17, 15) is 0 Å². The molecule has 0 fully saturated rings. The van der Waals surface area contributed by atoms with E-state index in [0.717, 1.165) is 33.7 Å². The zero-order chi connectivity index (χ0) is 24.7. The predicted octanol–water partition coefficient (Wildman–Crippen LogP) is 7.85. The highest BCUT2D eigenvalue weighted by Gasteiger charge is 2.44. The number of rotatable bonds is 2. The topological polar surface area (TPSA) is 29.9 Å². The summed E-state index contributed by atoms with van der Waals surface area (Å²) in [6.45, 7) is 14.2. The van der Waals surface area contributed by atoms with Gasteiger partial charge in [-0.1, -0.05) is 65.0 Å². The van der Waals surface area contributed by atoms with Crippen LogP contribution in [0.25, 0.3) is 44.2 Å². The first-order valence-corrected chi connectivity index (χ1v) is 12.9. The first-order chi connectivity index (χ1) is 16.6. The Morgan fingerprint density at radius 1 is 0.943 bits per heavy atom. The molecule has 1 aliphatic rings. The average molecular weight is 464 g/mol. The third-order valence-corrected chi connectivity index (χ3v) is 8.40. The summed E-state index contributed by atoms with van der Waals surface area (Å²) in [5, 5.41) is 3.37. The third kappa shape index (κ3) is 3.17. The van der Waals surface area contributed by atoms with Gasteiger partial charge in [0, 0.05) is 27.3 Å². The van der Waals surface area contributed by atoms with E-state index in [-0.39, 0.29) is 10.8 Å². The van der Waals surface area contributed by atoms with Gasteiger partial charge >= 0.3 is 0 Å². The van der Waals surface area contributed by atoms with Crippen molar-refractivity contribution < 1.29 is 8.98 Å². The van der Waals surface area contributed by atoms with Crippen LogP contribution in [0.3, 0.4) is 0 Å². The van der Waals surface area contributed by atoms with Crippen molar-refractivity contribution >= 4 is 33.0 Å². The van der Waals surface area contributed by atoms with E-state index in [0.29, 0.717) is 5.71 Å². The first kappa shape index (κ1) is 22.3. The lowest BCUT2D eigenvalue weighted by Crippen LogP contribution is -2.43. The second kappa shape index (κ2) is 7.40. The van der Waals surface area contributed by atoms with Crippen molar-refractivity contribution in [1.82, 2.24) is 4.98 Å². The number of benzene rings is 2. The fourth-order valence-corrected chi connectivity index (χ4v) is 6.45. The molecule has 0 bridgehead atoms. The Labute approximate surface area is 207 Å². The van der Waals surface area contributed by atoms with Crippen molar-refractivity contribution in [2.24, 2.45) is 7.05 Å². The van der Waals surface area contributed by atoms with Gasteiger partial charge in [0.25, 0.3) is 0 Å². The minimum absolute atomic E-state index is 0.0800. The second-order valence-corrected chi connectivity index (χ2v) is 11.8. The molecule has 0 radical (unpaired) electrons. The van der Waals surface area contributed by atoms with E-state index < -0.39 is 0 Å². The lowest BCUT2D eigenvalue weighted by atomic mass is 9.61. The van der Waals surface area contributed by atoms with Gasteiger partial charge in [-0.25, -0.2) is 9.55 Å². The molecule has 0 unspecified atom stereocenters. The van der Waals surface area contributed by atoms with Crippen LogP contribution in [0.5, 0.6) is 0 Å². The maximum atomic E-state index is 6.63. The molecule has 0 saturated heterocycles. The molecular weight excluding hydrogens is 428 g/mol. The van der Waals surface area contributed by atoms with E-state index in [1.54, 1.807) is 5.56 Å². The molecule has 3 nitrogen and oxygen atoms in total. The maximum Gasteiger partial charge on any atom is 0.227 e. The van der Waals surface area contributed by atoms with Gasteiger partial charge in [0.15, 0.2) is 11.8 Å². The van der Waals surface area contributed by atoms with E-state index in [1.165, 1.54) is 40.8 Å². The Hall–Kier alpha value is -3.20. The van der Waals surface area contributed by atoms with Crippen LogP contribution >= 0.6 is 0 Å². The number of hydrogen-bond donors (Lipinski definition) is 0. The minimum Gasteiger partial charge on any atom is -0.437 e. The van der Waals surface area contributed by atoms with Gasteiger partial charge in [0.1, 0.15) is 7.05 Å². The van der Waals surface area contributed by atoms with Crippen LogP contribution in [-0.4, -0.2) is 4.98 Å². The number of para-hydroxylation sites is 1. The summed E-state index contributed by atoms with van der Waals surface area (Å²) in [5.74, 6) is 0. The summed E-state index contributed by atoms with van der Waals surface area (Å²) in [4.78, 5) is 4.89. The second-order valence-electron chi connectivity index (χ2n) is 11.8. The molecule has 5 aromatic rings. The SMILES string of the molecule is CCc1c[n+](C)c(-c2c(C)ccc3c2oc2nc4ccccc4cc23)c2c1C(C)(C)CCC2(C)C. The lowest BCUT2D eigenvalue weighted by Gasteiger charge is -2.42. The first-order valence-electron chi connectivity index (χ1n) is 12.9. The van der Waals surface area contributed by atoms with Crippen molar-refractivity contribution in [3.05, 3.63) is 70.9 Å². The zero-order valence-corrected chi connectivity index (χ0v) is 22.0. The molecule has 0 spiro atoms. The van der Waals surface area contributed by atoms with Gasteiger partial charge in [-0.05, 0) is 60.3 Å². The minimum atomic E-state index is 0.0800. The monoisotopic (exact) mass is 463 g/mol. The molecule has 0 amide bonds. The maximum absolute atomic E-state index is 6.63. The third-order valence-electron chi connectivity index (χ3n) is 8.40. The summed E-state index contributed by atoms with van der Waals surface area (Å²) in [7, 11) is 2.21. The Morgan fingerprint density at radius 2 is 1.66 bits per heavy atom. The normalized spacial score (nSPS) is 16.8. The van der Waals surface area contributed by atoms with Crippen molar-refractivity contribution in [3.8, 4) is 11.3 Å². The van der Waals surface area contributed by atoms with E-state index >= 15 is 0 Å². The van der Waals surface area contributed by atoms with Gasteiger partial charge in [0.2, 0.25) is 11.4 Å². The molecule has 178 valence electrons. The lowest BCUT2D eigenvalue weighted by molar-refractivity contribution is -0.661. The summed E-state index contributed by atoms with van der Waals surface area (Å²) < 4.78 is 8.99. The average Bonchev–Trinajstić information content (AvgIpc) is 3.17. The van der Waals surface area contributed by atoms with Crippen molar-refractivity contribution in [2.45, 2.75) is 71.6 Å². The van der Waals surface area contributed by atoms with Crippen LogP contribution in [-0.2, 0) is 24.3 Å². The summed E-state index contributed by atoms with van der Waals surface area (Å²) in [5.41, 5.74) is 11.1. The van der Waals surface area contributed by atoms with Crippen LogP contribution in [0, 0.1) is 6.92 Å². The molecule has 0 saturated carbocycles. The highest BCUT2D eigenvalue weighted by Crippen LogP contribution is 2.51. The standard InChI is InChI=1S/C32H35N2O/c1-8-20-18-34(7)28(27-26(20)31(3,4)15-16-32(27,5)6)25-19(2)13-14-22-23-17-21-11-9-10-12-24(21)33-30(23)35-29(22)25/h9-14,17-18H,8,15-16H2,1-7H3/q+1. The van der Waals surface area contributed by atoms with E-state index in [4.69, 9.17) is 9.40 Å². The fourth-order valence-electron chi connectivity index (χ4n) is 6.45. The summed E-state index contributed by atoms with van der Waals surface area (Å²) >= 11 is 0. The Morgan fingerprint density at radius 3 is 2.40 bits per heavy atom. The van der Waals surface area contributed by atoms with E-state index in [1.807, 2.05) is 6.07 Å². The molecule has 6 rings (SSSR count). The Kier molecular flexibility index (Phi) is 4.71. The molecule has 2 aromatic carbocycles. The largest absolute Gasteiger partial charge is 0.437 e. The van der Waals surface area contributed by atoms with Gasteiger partial charge < -0.3 is 4.42 Å². The smallest absolute Gasteiger partial charge is 0.227 e. The number of aromatic nitrogens is 2. The highest BCUT2D eigenvalue weighted by molar-refractivity contribution is 6.11. The summed E-state index contributed by atoms with van der Waals surface area (Å²) in [6, 6.07) is 15.0. The molecule has 0 aliphatic heterocycles. The van der Waals surface area contributed by atoms with Gasteiger partial charge in [0.05, 0.1) is 11.1 Å². The van der Waals surface area contributed by atoms with Crippen LogP contribution < -0.4 is 4.57 Å². The molecule has 3 aromatic heterocycles. The highest BCUT2D eigenvalue weighted by atomic mass is 16.3. The van der Waals surface area contributed by atoms with Crippen LogP contribution in [0.2, 0.25) is 0 Å². The van der Waals surface area contributed by atoms with Crippen molar-refractivity contribution in [2.75, 3.05) is 0 Å². The number of aryl methyl sites for hydroxylation is 3. The molecule has 3 heteroatoms. The number of fused-ring (bicyclic) bond motifs is 5. The van der Waals surface area contributed by atoms with Crippen LogP contribution in [0.4, 0.5) is 0 Å². The molecule has 0 N–H and O–H groups in total. The zero-order valence-electron chi connectivity index (χ0n) is 22.0. The Balaban J connectivity index is 1.77. The number of nitrogens with zero attached hydrogens (tertiary/aromatic N) is 2. The van der Waals surface area contributed by atoms with Crippen molar-refractivity contribution in [1.29, 1.82) is 0 Å². The van der Waals surface area contributed by atoms with Crippen molar-refractivity contribution in [3.63, 3.8) is 0 Å². The molecule has 0 atom stereocenters. The number of pyridine rings is 2. The quantitative estimate of drug-likeness (QED) is 0.250. The molecule has 1 aliphatic carbocycles. The van der Waals surface area contributed by atoms with Crippen LogP contribution in [0.1, 0.15) is 69.7 Å². The van der Waals surface area contributed by atoms with Gasteiger partial charge in [-0.2, -0.15) is 0 Å². The molecule has 3 heterocycles. The number of furan rings is 1. The van der Waals surface area contributed by atoms with E-state index in [2.05, 4.69) is 95.8 Å². The number of hydrogen-bond acceptors (Lipinski definition) is 2. The van der Waals surface area contributed by atoms with Gasteiger partial charge in [-0.3, -0.25) is 0 Å². The molecule has 35 heavy (non-hydrogen) atoms. The predicted molar refractivity (Wildman–Crippen MR) is 145 cm³/mol.